The number of hydrogen-bond donors (Lipinski definition) is 1. The fourth-order valence-corrected chi connectivity index (χ4v) is 3.42. The second kappa shape index (κ2) is 12.5. The molecule has 1 fully saturated rings. The number of ether oxygens (including phenoxy) is 3. The second-order valence-corrected chi connectivity index (χ2v) is 7.68. The predicted molar refractivity (Wildman–Crippen MR) is 127 cm³/mol. The monoisotopic (exact) mass is 469 g/mol. The lowest BCUT2D eigenvalue weighted by Crippen LogP contribution is -2.52. The zero-order valence-corrected chi connectivity index (χ0v) is 19.6. The van der Waals surface area contributed by atoms with E-state index in [1.54, 1.807) is 28.0 Å². The van der Waals surface area contributed by atoms with Crippen molar-refractivity contribution in [1.82, 2.24) is 9.80 Å². The number of para-hydroxylation sites is 1. The molecule has 0 saturated carbocycles. The molecule has 0 bridgehead atoms. The molecule has 1 saturated heterocycles. The zero-order valence-electron chi connectivity index (χ0n) is 19.6. The van der Waals surface area contributed by atoms with Gasteiger partial charge in [0.2, 0.25) is 0 Å². The van der Waals surface area contributed by atoms with Crippen LogP contribution in [0.3, 0.4) is 0 Å². The standard InChI is InChI=1S/C25H31N3O6/c1-3-16-33-21-11-10-19(17-22(21)32-4-2)24(30)34-18-23(29)27-12-14-28(15-13-27)25(31)26-20-8-6-5-7-9-20/h5-11,17H,3-4,12-16,18H2,1-2H3,(H,26,31). The summed E-state index contributed by atoms with van der Waals surface area (Å²) in [6.45, 7) is 5.99. The van der Waals surface area contributed by atoms with Gasteiger partial charge in [0.25, 0.3) is 5.91 Å². The third kappa shape index (κ3) is 6.87. The summed E-state index contributed by atoms with van der Waals surface area (Å²) in [5, 5.41) is 2.84. The number of piperazine rings is 1. The van der Waals surface area contributed by atoms with Gasteiger partial charge < -0.3 is 29.3 Å². The van der Waals surface area contributed by atoms with Crippen LogP contribution in [0.1, 0.15) is 30.6 Å². The molecule has 0 aromatic heterocycles. The summed E-state index contributed by atoms with van der Waals surface area (Å²) in [5.74, 6) is 0.105. The minimum atomic E-state index is -0.614. The zero-order chi connectivity index (χ0) is 24.3. The van der Waals surface area contributed by atoms with Crippen LogP contribution in [0, 0.1) is 0 Å². The van der Waals surface area contributed by atoms with Gasteiger partial charge in [-0.3, -0.25) is 4.79 Å². The Bertz CT molecular complexity index is 974. The van der Waals surface area contributed by atoms with Gasteiger partial charge in [-0.15, -0.1) is 0 Å². The van der Waals surface area contributed by atoms with Crippen molar-refractivity contribution in [1.29, 1.82) is 0 Å². The highest BCUT2D eigenvalue weighted by molar-refractivity contribution is 5.92. The molecule has 2 aromatic carbocycles. The summed E-state index contributed by atoms with van der Waals surface area (Å²) >= 11 is 0. The van der Waals surface area contributed by atoms with Crippen LogP contribution in [0.15, 0.2) is 48.5 Å². The maximum Gasteiger partial charge on any atom is 0.338 e. The summed E-state index contributed by atoms with van der Waals surface area (Å²) < 4.78 is 16.4. The van der Waals surface area contributed by atoms with Crippen molar-refractivity contribution >= 4 is 23.6 Å². The third-order valence-electron chi connectivity index (χ3n) is 5.21. The van der Waals surface area contributed by atoms with E-state index < -0.39 is 5.97 Å². The van der Waals surface area contributed by atoms with Crippen LogP contribution in [-0.2, 0) is 9.53 Å². The van der Waals surface area contributed by atoms with Crippen molar-refractivity contribution in [2.75, 3.05) is 51.3 Å². The topological polar surface area (TPSA) is 97.4 Å². The van der Waals surface area contributed by atoms with Crippen molar-refractivity contribution in [2.24, 2.45) is 0 Å². The van der Waals surface area contributed by atoms with E-state index >= 15 is 0 Å². The SMILES string of the molecule is CCCOc1ccc(C(=O)OCC(=O)N2CCN(C(=O)Nc3ccccc3)CC2)cc1OCC. The van der Waals surface area contributed by atoms with Crippen LogP contribution < -0.4 is 14.8 Å². The molecule has 9 heteroatoms. The lowest BCUT2D eigenvalue weighted by atomic mass is 10.2. The maximum atomic E-state index is 12.5. The summed E-state index contributed by atoms with van der Waals surface area (Å²) in [5.41, 5.74) is 0.998. The van der Waals surface area contributed by atoms with Crippen molar-refractivity contribution < 1.29 is 28.6 Å². The lowest BCUT2D eigenvalue weighted by molar-refractivity contribution is -0.135. The fraction of sp³-hybridized carbons (Fsp3) is 0.400. The third-order valence-corrected chi connectivity index (χ3v) is 5.21. The second-order valence-electron chi connectivity index (χ2n) is 7.68. The lowest BCUT2D eigenvalue weighted by Gasteiger charge is -2.34. The van der Waals surface area contributed by atoms with Crippen LogP contribution in [0.4, 0.5) is 10.5 Å². The van der Waals surface area contributed by atoms with E-state index in [1.807, 2.05) is 44.2 Å². The Balaban J connectivity index is 1.47. The van der Waals surface area contributed by atoms with E-state index in [2.05, 4.69) is 5.32 Å². The number of urea groups is 1. The van der Waals surface area contributed by atoms with Crippen LogP contribution in [0.5, 0.6) is 11.5 Å². The number of carbonyl (C=O) groups is 3. The molecule has 9 nitrogen and oxygen atoms in total. The minimum absolute atomic E-state index is 0.207. The Kier molecular flexibility index (Phi) is 9.13. The molecule has 0 radical (unpaired) electrons. The van der Waals surface area contributed by atoms with E-state index in [9.17, 15) is 14.4 Å². The quantitative estimate of drug-likeness (QED) is 0.566. The first-order valence-corrected chi connectivity index (χ1v) is 11.5. The molecule has 34 heavy (non-hydrogen) atoms. The van der Waals surface area contributed by atoms with Gasteiger partial charge in [-0.1, -0.05) is 25.1 Å². The number of esters is 1. The van der Waals surface area contributed by atoms with E-state index in [0.717, 1.165) is 12.1 Å². The van der Waals surface area contributed by atoms with Gasteiger partial charge in [0.15, 0.2) is 18.1 Å². The Morgan fingerprint density at radius 2 is 1.59 bits per heavy atom. The molecular weight excluding hydrogens is 438 g/mol. The summed E-state index contributed by atoms with van der Waals surface area (Å²) in [4.78, 5) is 40.6. The number of nitrogens with zero attached hydrogens (tertiary/aromatic N) is 2. The first-order chi connectivity index (χ1) is 16.5. The highest BCUT2D eigenvalue weighted by Gasteiger charge is 2.25. The predicted octanol–water partition coefficient (Wildman–Crippen LogP) is 3.41. The molecule has 1 heterocycles. The van der Waals surface area contributed by atoms with Gasteiger partial charge in [-0.25, -0.2) is 9.59 Å². The molecule has 182 valence electrons. The first-order valence-electron chi connectivity index (χ1n) is 11.5. The van der Waals surface area contributed by atoms with Gasteiger partial charge in [-0.2, -0.15) is 0 Å². The van der Waals surface area contributed by atoms with Crippen LogP contribution in [0.2, 0.25) is 0 Å². The molecule has 1 aliphatic heterocycles. The molecule has 0 atom stereocenters. The largest absolute Gasteiger partial charge is 0.490 e. The maximum absolute atomic E-state index is 12.5. The number of hydrogen-bond acceptors (Lipinski definition) is 6. The fourth-order valence-electron chi connectivity index (χ4n) is 3.42. The first kappa shape index (κ1) is 24.9. The van der Waals surface area contributed by atoms with Gasteiger partial charge in [0, 0.05) is 31.9 Å². The van der Waals surface area contributed by atoms with E-state index in [1.165, 1.54) is 0 Å². The molecular formula is C25H31N3O6. The van der Waals surface area contributed by atoms with Crippen LogP contribution in [-0.4, -0.2) is 73.7 Å². The van der Waals surface area contributed by atoms with Crippen molar-refractivity contribution in [3.8, 4) is 11.5 Å². The number of amides is 3. The average molecular weight is 470 g/mol. The number of rotatable bonds is 9. The molecule has 3 rings (SSSR count). The highest BCUT2D eigenvalue weighted by Crippen LogP contribution is 2.29. The number of benzene rings is 2. The van der Waals surface area contributed by atoms with Gasteiger partial charge in [-0.05, 0) is 43.7 Å². The average Bonchev–Trinajstić information content (AvgIpc) is 2.87. The van der Waals surface area contributed by atoms with Crippen LogP contribution >= 0.6 is 0 Å². The summed E-state index contributed by atoms with van der Waals surface area (Å²) in [6.07, 6.45) is 0.851. The minimum Gasteiger partial charge on any atom is -0.490 e. The highest BCUT2D eigenvalue weighted by atomic mass is 16.5. The molecule has 3 amide bonds. The Morgan fingerprint density at radius 3 is 2.26 bits per heavy atom. The van der Waals surface area contributed by atoms with Crippen molar-refractivity contribution in [3.05, 3.63) is 54.1 Å². The number of carbonyl (C=O) groups excluding carboxylic acids is 3. The smallest absolute Gasteiger partial charge is 0.338 e. The molecule has 1 aliphatic rings. The molecule has 1 N–H and O–H groups in total. The number of anilines is 1. The molecule has 0 spiro atoms. The van der Waals surface area contributed by atoms with Gasteiger partial charge >= 0.3 is 12.0 Å². The molecule has 0 unspecified atom stereocenters. The summed E-state index contributed by atoms with van der Waals surface area (Å²) in [7, 11) is 0. The van der Waals surface area contributed by atoms with Crippen LogP contribution in [0.25, 0.3) is 0 Å². The Labute approximate surface area is 199 Å². The molecule has 0 aliphatic carbocycles. The van der Waals surface area contributed by atoms with E-state index in [-0.39, 0.29) is 24.1 Å². The Morgan fingerprint density at radius 1 is 0.882 bits per heavy atom. The van der Waals surface area contributed by atoms with Crippen molar-refractivity contribution in [3.63, 3.8) is 0 Å². The van der Waals surface area contributed by atoms with Gasteiger partial charge in [0.1, 0.15) is 0 Å². The molecule has 2 aromatic rings. The normalized spacial score (nSPS) is 13.2. The van der Waals surface area contributed by atoms with Crippen molar-refractivity contribution in [2.45, 2.75) is 20.3 Å². The van der Waals surface area contributed by atoms with Gasteiger partial charge in [0.05, 0.1) is 18.8 Å². The summed E-state index contributed by atoms with van der Waals surface area (Å²) in [6, 6.07) is 13.8. The van der Waals surface area contributed by atoms with E-state index in [4.69, 9.17) is 14.2 Å². The number of nitrogens with one attached hydrogen (secondary N) is 1. The van der Waals surface area contributed by atoms with E-state index in [0.29, 0.717) is 50.9 Å². The Hall–Kier alpha value is -3.75.